The average Bonchev–Trinajstić information content (AvgIpc) is 2.49. The van der Waals surface area contributed by atoms with E-state index in [1.165, 1.54) is 0 Å². The fourth-order valence-electron chi connectivity index (χ4n) is 3.28. The zero-order chi connectivity index (χ0) is 23.3. The van der Waals surface area contributed by atoms with Gasteiger partial charge in [0.2, 0.25) is 0 Å². The number of allylic oxidation sites excluding steroid dienone is 2. The molecule has 1 atom stereocenters. The predicted molar refractivity (Wildman–Crippen MR) is 115 cm³/mol. The molecular formula is C22H36N2O6. The molecule has 0 aromatic carbocycles. The lowest BCUT2D eigenvalue weighted by Crippen LogP contribution is -2.43. The summed E-state index contributed by atoms with van der Waals surface area (Å²) < 4.78 is 5.11. The number of Topliss-reactive ketones (excluding diaryl/α,β-unsaturated/α-hetero) is 1. The number of ether oxygens (including phenoxy) is 1. The number of amides is 1. The van der Waals surface area contributed by atoms with E-state index in [0.717, 1.165) is 0 Å². The molecule has 0 aromatic heterocycles. The summed E-state index contributed by atoms with van der Waals surface area (Å²) in [6.45, 7) is 13.0. The smallest absolute Gasteiger partial charge is 0.408 e. The maximum absolute atomic E-state index is 12.7. The standard InChI is InChI=1S/C22H36N2O6/c1-13(2)10-15(18-16(25)11-22(6,7)12-17(18)26)23-9-8-14(19(27)28)24-20(29)30-21(3,4)5/h13-14,25H,8-12H2,1-7H3,(H,24,29)(H,27,28)/t14-/m1/s1. The van der Waals surface area contributed by atoms with Crippen molar-refractivity contribution in [2.45, 2.75) is 85.8 Å². The Kier molecular flexibility index (Phi) is 8.63. The number of nitrogens with one attached hydrogen (secondary N) is 1. The molecule has 1 amide bonds. The number of carbonyl (C=O) groups excluding carboxylic acids is 2. The first-order chi connectivity index (χ1) is 13.6. The Bertz CT molecular complexity index is 728. The first-order valence-corrected chi connectivity index (χ1v) is 10.3. The van der Waals surface area contributed by atoms with Crippen molar-refractivity contribution in [1.29, 1.82) is 0 Å². The molecule has 0 unspecified atom stereocenters. The number of hydrogen-bond acceptors (Lipinski definition) is 6. The van der Waals surface area contributed by atoms with E-state index in [2.05, 4.69) is 10.3 Å². The third kappa shape index (κ3) is 8.55. The highest BCUT2D eigenvalue weighted by Gasteiger charge is 2.35. The molecule has 1 aliphatic carbocycles. The van der Waals surface area contributed by atoms with E-state index >= 15 is 0 Å². The minimum Gasteiger partial charge on any atom is -0.511 e. The van der Waals surface area contributed by atoms with E-state index in [0.29, 0.717) is 25.0 Å². The number of alkyl carbamates (subject to hydrolysis) is 1. The average molecular weight is 425 g/mol. The van der Waals surface area contributed by atoms with Crippen LogP contribution in [0.4, 0.5) is 4.79 Å². The molecular weight excluding hydrogens is 388 g/mol. The van der Waals surface area contributed by atoms with Gasteiger partial charge in [-0.1, -0.05) is 27.7 Å². The van der Waals surface area contributed by atoms with Gasteiger partial charge in [-0.2, -0.15) is 0 Å². The molecule has 0 spiro atoms. The van der Waals surface area contributed by atoms with Crippen LogP contribution in [0.3, 0.4) is 0 Å². The van der Waals surface area contributed by atoms with Crippen molar-refractivity contribution in [2.24, 2.45) is 16.3 Å². The number of carbonyl (C=O) groups is 3. The molecule has 0 aromatic rings. The largest absolute Gasteiger partial charge is 0.511 e. The minimum absolute atomic E-state index is 0.0316. The first kappa shape index (κ1) is 25.7. The summed E-state index contributed by atoms with van der Waals surface area (Å²) in [6, 6.07) is -1.17. The summed E-state index contributed by atoms with van der Waals surface area (Å²) in [6.07, 6.45) is 0.420. The van der Waals surface area contributed by atoms with Gasteiger partial charge in [0.25, 0.3) is 0 Å². The van der Waals surface area contributed by atoms with E-state index in [1.54, 1.807) is 20.8 Å². The fourth-order valence-corrected chi connectivity index (χ4v) is 3.28. The van der Waals surface area contributed by atoms with E-state index in [-0.39, 0.29) is 41.4 Å². The van der Waals surface area contributed by atoms with E-state index < -0.39 is 23.7 Å². The van der Waals surface area contributed by atoms with Crippen LogP contribution in [-0.2, 0) is 14.3 Å². The van der Waals surface area contributed by atoms with Crippen LogP contribution in [-0.4, -0.2) is 52.0 Å². The lowest BCUT2D eigenvalue weighted by atomic mass is 9.75. The SMILES string of the molecule is CC(C)CC(=NCC[C@@H](NC(=O)OC(C)(C)C)C(=O)O)C1=C(O)CC(C)(C)CC1=O. The number of ketones is 1. The highest BCUT2D eigenvalue weighted by atomic mass is 16.6. The number of aliphatic hydroxyl groups is 1. The van der Waals surface area contributed by atoms with Crippen LogP contribution >= 0.6 is 0 Å². The van der Waals surface area contributed by atoms with Crippen molar-refractivity contribution in [3.05, 3.63) is 11.3 Å². The Labute approximate surface area is 178 Å². The van der Waals surface area contributed by atoms with Crippen LogP contribution in [0.1, 0.15) is 74.1 Å². The minimum atomic E-state index is -1.20. The van der Waals surface area contributed by atoms with Gasteiger partial charge in [-0.05, 0) is 44.9 Å². The summed E-state index contributed by atoms with van der Waals surface area (Å²) in [5, 5.41) is 22.2. The second-order valence-corrected chi connectivity index (χ2v) is 10.0. The molecule has 0 fully saturated rings. The van der Waals surface area contributed by atoms with Gasteiger partial charge < -0.3 is 20.3 Å². The molecule has 0 saturated heterocycles. The molecule has 1 aliphatic rings. The zero-order valence-electron chi connectivity index (χ0n) is 19.2. The second kappa shape index (κ2) is 10.1. The topological polar surface area (TPSA) is 125 Å². The van der Waals surface area contributed by atoms with Crippen LogP contribution < -0.4 is 5.32 Å². The van der Waals surface area contributed by atoms with Gasteiger partial charge in [0.15, 0.2) is 5.78 Å². The zero-order valence-corrected chi connectivity index (χ0v) is 19.2. The van der Waals surface area contributed by atoms with Gasteiger partial charge in [-0.15, -0.1) is 0 Å². The van der Waals surface area contributed by atoms with Gasteiger partial charge in [0, 0.05) is 25.1 Å². The Morgan fingerprint density at radius 3 is 2.30 bits per heavy atom. The van der Waals surface area contributed by atoms with Crippen molar-refractivity contribution in [3.8, 4) is 0 Å². The molecule has 3 N–H and O–H groups in total. The van der Waals surface area contributed by atoms with E-state index in [4.69, 9.17) is 4.74 Å². The molecule has 8 nitrogen and oxygen atoms in total. The molecule has 0 saturated carbocycles. The number of aliphatic hydroxyl groups excluding tert-OH is 1. The monoisotopic (exact) mass is 424 g/mol. The predicted octanol–water partition coefficient (Wildman–Crippen LogP) is 4.04. The summed E-state index contributed by atoms with van der Waals surface area (Å²) in [4.78, 5) is 40.5. The van der Waals surface area contributed by atoms with Crippen molar-refractivity contribution in [1.82, 2.24) is 5.32 Å². The van der Waals surface area contributed by atoms with Crippen molar-refractivity contribution in [3.63, 3.8) is 0 Å². The Morgan fingerprint density at radius 1 is 1.23 bits per heavy atom. The fraction of sp³-hybridized carbons (Fsp3) is 0.727. The molecule has 30 heavy (non-hydrogen) atoms. The number of hydrogen-bond donors (Lipinski definition) is 3. The molecule has 0 aliphatic heterocycles. The van der Waals surface area contributed by atoms with Gasteiger partial charge >= 0.3 is 12.1 Å². The van der Waals surface area contributed by atoms with Crippen molar-refractivity contribution in [2.75, 3.05) is 6.54 Å². The van der Waals surface area contributed by atoms with Crippen LogP contribution in [0.15, 0.2) is 16.3 Å². The van der Waals surface area contributed by atoms with Crippen molar-refractivity contribution >= 4 is 23.6 Å². The number of nitrogens with zero attached hydrogens (tertiary/aromatic N) is 1. The number of rotatable bonds is 8. The van der Waals surface area contributed by atoms with Crippen LogP contribution in [0.5, 0.6) is 0 Å². The first-order valence-electron chi connectivity index (χ1n) is 10.3. The van der Waals surface area contributed by atoms with E-state index in [9.17, 15) is 24.6 Å². The lowest BCUT2D eigenvalue weighted by molar-refractivity contribution is -0.139. The molecule has 8 heteroatoms. The number of aliphatic imine (C=N–C) groups is 1. The molecule has 0 radical (unpaired) electrons. The Morgan fingerprint density at radius 2 is 1.83 bits per heavy atom. The normalized spacial score (nSPS) is 18.4. The summed E-state index contributed by atoms with van der Waals surface area (Å²) in [5.41, 5.74) is -0.298. The van der Waals surface area contributed by atoms with Crippen LogP contribution in [0.25, 0.3) is 0 Å². The summed E-state index contributed by atoms with van der Waals surface area (Å²) in [7, 11) is 0. The van der Waals surface area contributed by atoms with Crippen LogP contribution in [0.2, 0.25) is 0 Å². The second-order valence-electron chi connectivity index (χ2n) is 10.0. The molecule has 0 heterocycles. The highest BCUT2D eigenvalue weighted by molar-refractivity contribution is 6.23. The Balaban J connectivity index is 2.98. The molecule has 0 bridgehead atoms. The van der Waals surface area contributed by atoms with Gasteiger partial charge in [-0.3, -0.25) is 9.79 Å². The lowest BCUT2D eigenvalue weighted by Gasteiger charge is -2.30. The Hall–Kier alpha value is -2.38. The molecule has 1 rings (SSSR count). The third-order valence-corrected chi connectivity index (χ3v) is 4.45. The van der Waals surface area contributed by atoms with E-state index in [1.807, 2.05) is 27.7 Å². The number of carboxylic acids is 1. The van der Waals surface area contributed by atoms with Gasteiger partial charge in [-0.25, -0.2) is 9.59 Å². The number of aliphatic carboxylic acids is 1. The number of carboxylic acid groups (broad SMARTS) is 1. The quantitative estimate of drug-likeness (QED) is 0.505. The summed E-state index contributed by atoms with van der Waals surface area (Å²) in [5.74, 6) is -1.11. The highest BCUT2D eigenvalue weighted by Crippen LogP contribution is 2.36. The third-order valence-electron chi connectivity index (χ3n) is 4.45. The maximum atomic E-state index is 12.7. The maximum Gasteiger partial charge on any atom is 0.408 e. The molecule has 170 valence electrons. The van der Waals surface area contributed by atoms with Gasteiger partial charge in [0.1, 0.15) is 17.4 Å². The van der Waals surface area contributed by atoms with Crippen molar-refractivity contribution < 1.29 is 29.3 Å². The van der Waals surface area contributed by atoms with Crippen LogP contribution in [0, 0.1) is 11.3 Å². The summed E-state index contributed by atoms with van der Waals surface area (Å²) >= 11 is 0. The van der Waals surface area contributed by atoms with Gasteiger partial charge in [0.05, 0.1) is 5.57 Å².